The predicted octanol–water partition coefficient (Wildman–Crippen LogP) is 2.00. The molecule has 0 bridgehead atoms. The van der Waals surface area contributed by atoms with E-state index in [0.29, 0.717) is 24.8 Å². The van der Waals surface area contributed by atoms with Crippen molar-refractivity contribution in [1.29, 1.82) is 0 Å². The fourth-order valence-corrected chi connectivity index (χ4v) is 2.54. The first-order chi connectivity index (χ1) is 9.25. The van der Waals surface area contributed by atoms with Gasteiger partial charge in [0.2, 0.25) is 0 Å². The molecule has 0 amide bonds. The van der Waals surface area contributed by atoms with Crippen LogP contribution in [0.2, 0.25) is 0 Å². The van der Waals surface area contributed by atoms with Gasteiger partial charge in [0.25, 0.3) is 5.56 Å². The summed E-state index contributed by atoms with van der Waals surface area (Å²) in [6, 6.07) is 11.5. The van der Waals surface area contributed by atoms with Crippen molar-refractivity contribution in [3.63, 3.8) is 0 Å². The fourth-order valence-electron chi connectivity index (χ4n) is 2.54. The lowest BCUT2D eigenvalue weighted by molar-refractivity contribution is 0.258. The molecule has 19 heavy (non-hydrogen) atoms. The lowest BCUT2D eigenvalue weighted by Crippen LogP contribution is -2.27. The van der Waals surface area contributed by atoms with Gasteiger partial charge in [0, 0.05) is 18.7 Å². The minimum Gasteiger partial charge on any atom is -0.493 e. The Hall–Kier alpha value is -2.23. The highest BCUT2D eigenvalue weighted by Crippen LogP contribution is 2.34. The van der Waals surface area contributed by atoms with Gasteiger partial charge in [-0.15, -0.1) is 0 Å². The van der Waals surface area contributed by atoms with E-state index in [1.165, 1.54) is 5.56 Å². The van der Waals surface area contributed by atoms with Crippen molar-refractivity contribution in [3.05, 3.63) is 58.5 Å². The highest BCUT2D eigenvalue weighted by molar-refractivity contribution is 5.38. The van der Waals surface area contributed by atoms with E-state index in [1.54, 1.807) is 16.8 Å². The fraction of sp³-hybridized carbons (Fsp3) is 0.267. The Balaban J connectivity index is 1.93. The van der Waals surface area contributed by atoms with Crippen molar-refractivity contribution in [1.82, 2.24) is 4.57 Å². The van der Waals surface area contributed by atoms with Crippen molar-refractivity contribution < 1.29 is 4.74 Å². The summed E-state index contributed by atoms with van der Waals surface area (Å²) < 4.78 is 7.32. The number of aromatic nitrogens is 1. The van der Waals surface area contributed by atoms with Gasteiger partial charge in [-0.05, 0) is 30.2 Å². The highest BCUT2D eigenvalue weighted by Gasteiger charge is 2.21. The topological polar surface area (TPSA) is 57.2 Å². The summed E-state index contributed by atoms with van der Waals surface area (Å²) >= 11 is 0. The largest absolute Gasteiger partial charge is 0.493 e. The van der Waals surface area contributed by atoms with Crippen LogP contribution in [0.15, 0.2) is 47.4 Å². The second kappa shape index (κ2) is 4.80. The Morgan fingerprint density at radius 1 is 1.26 bits per heavy atom. The van der Waals surface area contributed by atoms with Gasteiger partial charge in [0.05, 0.1) is 12.3 Å². The summed E-state index contributed by atoms with van der Waals surface area (Å²) in [4.78, 5) is 12.0. The molecule has 1 aliphatic heterocycles. The molecule has 0 aliphatic carbocycles. The number of ether oxygens (including phenoxy) is 1. The average Bonchev–Trinajstić information content (AvgIpc) is 2.44. The van der Waals surface area contributed by atoms with E-state index in [1.807, 2.05) is 24.3 Å². The summed E-state index contributed by atoms with van der Waals surface area (Å²) in [5.41, 5.74) is 7.01. The van der Waals surface area contributed by atoms with Crippen molar-refractivity contribution in [2.75, 3.05) is 12.3 Å². The maximum Gasteiger partial charge on any atom is 0.273 e. The minimum absolute atomic E-state index is 0.119. The Bertz CT molecular complexity index is 649. The zero-order chi connectivity index (χ0) is 13.2. The molecule has 0 spiro atoms. The quantitative estimate of drug-likeness (QED) is 0.894. The molecule has 1 aromatic carbocycles. The second-order valence-electron chi connectivity index (χ2n) is 4.79. The number of fused-ring (bicyclic) bond motifs is 1. The maximum absolute atomic E-state index is 12.0. The van der Waals surface area contributed by atoms with Gasteiger partial charge in [0.1, 0.15) is 5.75 Å². The van der Waals surface area contributed by atoms with Gasteiger partial charge in [-0.3, -0.25) is 4.79 Å². The lowest BCUT2D eigenvalue weighted by Gasteiger charge is -2.26. The standard InChI is InChI=1S/C15H16N2O2/c16-13-5-3-8-17(15(13)18)10-11-7-9-19-14-6-2-1-4-12(11)14/h1-6,8,11H,7,9-10,16H2. The van der Waals surface area contributed by atoms with Crippen molar-refractivity contribution in [2.24, 2.45) is 0 Å². The first kappa shape index (κ1) is 11.8. The smallest absolute Gasteiger partial charge is 0.273 e. The summed E-state index contributed by atoms with van der Waals surface area (Å²) in [5, 5.41) is 0. The van der Waals surface area contributed by atoms with Gasteiger partial charge in [-0.2, -0.15) is 0 Å². The second-order valence-corrected chi connectivity index (χ2v) is 4.79. The van der Waals surface area contributed by atoms with Crippen LogP contribution in [0.5, 0.6) is 5.75 Å². The van der Waals surface area contributed by atoms with Crippen LogP contribution in [0.1, 0.15) is 17.9 Å². The van der Waals surface area contributed by atoms with Gasteiger partial charge in [-0.25, -0.2) is 0 Å². The number of rotatable bonds is 2. The molecule has 1 aromatic heterocycles. The number of pyridine rings is 1. The number of nitrogens with zero attached hydrogens (tertiary/aromatic N) is 1. The Morgan fingerprint density at radius 3 is 3.00 bits per heavy atom. The zero-order valence-corrected chi connectivity index (χ0v) is 10.6. The third-order valence-corrected chi connectivity index (χ3v) is 3.55. The van der Waals surface area contributed by atoms with Crippen LogP contribution < -0.4 is 16.0 Å². The van der Waals surface area contributed by atoms with Crippen LogP contribution in [-0.4, -0.2) is 11.2 Å². The molecule has 2 aromatic rings. The molecule has 2 N–H and O–H groups in total. The maximum atomic E-state index is 12.0. The van der Waals surface area contributed by atoms with Crippen LogP contribution in [0.3, 0.4) is 0 Å². The van der Waals surface area contributed by atoms with E-state index in [9.17, 15) is 4.79 Å². The molecule has 0 radical (unpaired) electrons. The molecular weight excluding hydrogens is 240 g/mol. The van der Waals surface area contributed by atoms with E-state index in [2.05, 4.69) is 6.07 Å². The average molecular weight is 256 g/mol. The van der Waals surface area contributed by atoms with Gasteiger partial charge in [-0.1, -0.05) is 18.2 Å². The van der Waals surface area contributed by atoms with Crippen LogP contribution in [0, 0.1) is 0 Å². The number of nitrogen functional groups attached to an aromatic ring is 1. The molecule has 1 aliphatic rings. The Kier molecular flexibility index (Phi) is 2.99. The first-order valence-electron chi connectivity index (χ1n) is 6.42. The summed E-state index contributed by atoms with van der Waals surface area (Å²) in [6.07, 6.45) is 2.70. The van der Waals surface area contributed by atoms with Crippen LogP contribution in [0.4, 0.5) is 5.69 Å². The summed E-state index contributed by atoms with van der Waals surface area (Å²) in [7, 11) is 0. The lowest BCUT2D eigenvalue weighted by atomic mass is 9.93. The van der Waals surface area contributed by atoms with Crippen LogP contribution in [-0.2, 0) is 6.54 Å². The highest BCUT2D eigenvalue weighted by atomic mass is 16.5. The molecule has 4 nitrogen and oxygen atoms in total. The van der Waals surface area contributed by atoms with E-state index in [4.69, 9.17) is 10.5 Å². The molecule has 3 rings (SSSR count). The van der Waals surface area contributed by atoms with E-state index >= 15 is 0 Å². The van der Waals surface area contributed by atoms with Crippen molar-refractivity contribution in [2.45, 2.75) is 18.9 Å². The van der Waals surface area contributed by atoms with Crippen LogP contribution >= 0.6 is 0 Å². The van der Waals surface area contributed by atoms with Gasteiger partial charge >= 0.3 is 0 Å². The molecule has 0 fully saturated rings. The molecule has 0 saturated carbocycles. The number of para-hydroxylation sites is 1. The van der Waals surface area contributed by atoms with E-state index in [0.717, 1.165) is 12.2 Å². The first-order valence-corrected chi connectivity index (χ1v) is 6.42. The number of anilines is 1. The number of hydrogen-bond acceptors (Lipinski definition) is 3. The molecule has 2 heterocycles. The van der Waals surface area contributed by atoms with Gasteiger partial charge in [0.15, 0.2) is 0 Å². The summed E-state index contributed by atoms with van der Waals surface area (Å²) in [5.74, 6) is 1.22. The number of benzene rings is 1. The zero-order valence-electron chi connectivity index (χ0n) is 10.6. The van der Waals surface area contributed by atoms with E-state index in [-0.39, 0.29) is 5.56 Å². The molecule has 0 saturated heterocycles. The number of hydrogen-bond donors (Lipinski definition) is 1. The number of nitrogens with two attached hydrogens (primary N) is 1. The van der Waals surface area contributed by atoms with E-state index < -0.39 is 0 Å². The third-order valence-electron chi connectivity index (χ3n) is 3.55. The third kappa shape index (κ3) is 2.21. The Morgan fingerprint density at radius 2 is 2.11 bits per heavy atom. The van der Waals surface area contributed by atoms with Crippen LogP contribution in [0.25, 0.3) is 0 Å². The van der Waals surface area contributed by atoms with Crippen molar-refractivity contribution in [3.8, 4) is 5.75 Å². The van der Waals surface area contributed by atoms with Gasteiger partial charge < -0.3 is 15.0 Å². The molecule has 4 heteroatoms. The summed E-state index contributed by atoms with van der Waals surface area (Å²) in [6.45, 7) is 1.34. The molecule has 1 unspecified atom stereocenters. The minimum atomic E-state index is -0.119. The Labute approximate surface area is 111 Å². The predicted molar refractivity (Wildman–Crippen MR) is 74.4 cm³/mol. The SMILES string of the molecule is Nc1cccn(CC2CCOc3ccccc32)c1=O. The van der Waals surface area contributed by atoms with Crippen molar-refractivity contribution >= 4 is 5.69 Å². The monoisotopic (exact) mass is 256 g/mol. The molecule has 1 atom stereocenters. The molecule has 98 valence electrons. The normalized spacial score (nSPS) is 17.6. The molecular formula is C15H16N2O2.